The standard InChI is InChI=1S/C28H34N2O5/c1-17(2)25(15-26(31)32)30-27(33)18-8-7-9-19(14-18)29-28(34)35-16-24-22-12-5-3-10-20(22)21-11-4-6-13-23(21)24/h3-6,10-13,17-19,24-25H,7-9,14-16H2,1-2H3,(H,29,34)(H,30,33)(H,31,32)/t18-,19+,25?/m1/s1. The fourth-order valence-electron chi connectivity index (χ4n) is 5.31. The van der Waals surface area contributed by atoms with Crippen molar-refractivity contribution in [2.75, 3.05) is 6.61 Å². The molecule has 0 aromatic heterocycles. The van der Waals surface area contributed by atoms with Crippen LogP contribution < -0.4 is 10.6 Å². The molecule has 4 rings (SSSR count). The number of amides is 2. The Morgan fingerprint density at radius 1 is 1.00 bits per heavy atom. The Balaban J connectivity index is 1.31. The maximum Gasteiger partial charge on any atom is 0.407 e. The summed E-state index contributed by atoms with van der Waals surface area (Å²) in [5.41, 5.74) is 4.69. The molecule has 1 fully saturated rings. The van der Waals surface area contributed by atoms with Gasteiger partial charge in [-0.05, 0) is 47.4 Å². The molecule has 186 valence electrons. The number of hydrogen-bond donors (Lipinski definition) is 3. The molecule has 0 heterocycles. The molecular formula is C28H34N2O5. The Bertz CT molecular complexity index is 1040. The van der Waals surface area contributed by atoms with E-state index in [4.69, 9.17) is 9.84 Å². The van der Waals surface area contributed by atoms with Crippen molar-refractivity contribution in [3.63, 3.8) is 0 Å². The Hall–Kier alpha value is -3.35. The first-order chi connectivity index (χ1) is 16.8. The molecule has 35 heavy (non-hydrogen) atoms. The second kappa shape index (κ2) is 10.9. The lowest BCUT2D eigenvalue weighted by atomic mass is 9.84. The van der Waals surface area contributed by atoms with Gasteiger partial charge >= 0.3 is 12.1 Å². The lowest BCUT2D eigenvalue weighted by Crippen LogP contribution is -2.46. The van der Waals surface area contributed by atoms with Crippen LogP contribution in [-0.4, -0.2) is 41.8 Å². The van der Waals surface area contributed by atoms with Crippen molar-refractivity contribution in [1.29, 1.82) is 0 Å². The van der Waals surface area contributed by atoms with E-state index in [9.17, 15) is 14.4 Å². The fourth-order valence-corrected chi connectivity index (χ4v) is 5.31. The van der Waals surface area contributed by atoms with Gasteiger partial charge in [0.05, 0.1) is 6.42 Å². The minimum Gasteiger partial charge on any atom is -0.481 e. The molecule has 0 saturated heterocycles. The van der Waals surface area contributed by atoms with Gasteiger partial charge in [-0.15, -0.1) is 0 Å². The van der Waals surface area contributed by atoms with Gasteiger partial charge in [0.25, 0.3) is 0 Å². The van der Waals surface area contributed by atoms with E-state index in [0.717, 1.165) is 30.4 Å². The summed E-state index contributed by atoms with van der Waals surface area (Å²) in [5, 5.41) is 15.0. The van der Waals surface area contributed by atoms with E-state index in [2.05, 4.69) is 34.9 Å². The minimum atomic E-state index is -0.928. The zero-order valence-electron chi connectivity index (χ0n) is 20.3. The van der Waals surface area contributed by atoms with Crippen LogP contribution in [-0.2, 0) is 14.3 Å². The normalized spacial score (nSPS) is 20.0. The molecule has 1 unspecified atom stereocenters. The van der Waals surface area contributed by atoms with Gasteiger partial charge in [-0.1, -0.05) is 68.8 Å². The summed E-state index contributed by atoms with van der Waals surface area (Å²) >= 11 is 0. The zero-order valence-corrected chi connectivity index (χ0v) is 20.3. The van der Waals surface area contributed by atoms with E-state index in [1.165, 1.54) is 11.1 Å². The van der Waals surface area contributed by atoms with E-state index < -0.39 is 18.1 Å². The molecule has 2 aliphatic rings. The highest BCUT2D eigenvalue weighted by Crippen LogP contribution is 2.44. The van der Waals surface area contributed by atoms with Gasteiger partial charge in [-0.3, -0.25) is 9.59 Å². The summed E-state index contributed by atoms with van der Waals surface area (Å²) in [4.78, 5) is 36.6. The van der Waals surface area contributed by atoms with E-state index >= 15 is 0 Å². The Kier molecular flexibility index (Phi) is 7.73. The van der Waals surface area contributed by atoms with Crippen molar-refractivity contribution in [3.8, 4) is 11.1 Å². The third-order valence-electron chi connectivity index (χ3n) is 7.24. The van der Waals surface area contributed by atoms with E-state index in [1.54, 1.807) is 0 Å². The highest BCUT2D eigenvalue weighted by atomic mass is 16.5. The van der Waals surface area contributed by atoms with Crippen molar-refractivity contribution in [1.82, 2.24) is 10.6 Å². The van der Waals surface area contributed by atoms with Crippen molar-refractivity contribution in [2.45, 2.75) is 64.0 Å². The smallest absolute Gasteiger partial charge is 0.407 e. The number of aliphatic carboxylic acids is 1. The summed E-state index contributed by atoms with van der Waals surface area (Å²) in [5.74, 6) is -1.29. The Labute approximate surface area is 206 Å². The van der Waals surface area contributed by atoms with Gasteiger partial charge in [0, 0.05) is 23.9 Å². The summed E-state index contributed by atoms with van der Waals surface area (Å²) in [6.07, 6.45) is 2.29. The summed E-state index contributed by atoms with van der Waals surface area (Å²) in [6.45, 7) is 4.05. The first-order valence-corrected chi connectivity index (χ1v) is 12.5. The molecule has 3 N–H and O–H groups in total. The quantitative estimate of drug-likeness (QED) is 0.510. The van der Waals surface area contributed by atoms with Crippen LogP contribution in [0.2, 0.25) is 0 Å². The monoisotopic (exact) mass is 478 g/mol. The van der Waals surface area contributed by atoms with E-state index in [-0.39, 0.29) is 42.7 Å². The lowest BCUT2D eigenvalue weighted by Gasteiger charge is -2.30. The second-order valence-electron chi connectivity index (χ2n) is 9.99. The van der Waals surface area contributed by atoms with Crippen LogP contribution in [0.3, 0.4) is 0 Å². The highest BCUT2D eigenvalue weighted by molar-refractivity contribution is 5.80. The van der Waals surface area contributed by atoms with Gasteiger partial charge < -0.3 is 20.5 Å². The van der Waals surface area contributed by atoms with Crippen LogP contribution in [0.1, 0.15) is 63.0 Å². The van der Waals surface area contributed by atoms with Crippen molar-refractivity contribution >= 4 is 18.0 Å². The first-order valence-electron chi connectivity index (χ1n) is 12.5. The molecule has 1 saturated carbocycles. The molecule has 0 spiro atoms. The van der Waals surface area contributed by atoms with Crippen LogP contribution in [0.15, 0.2) is 48.5 Å². The van der Waals surface area contributed by atoms with Crippen molar-refractivity contribution in [3.05, 3.63) is 59.7 Å². The van der Waals surface area contributed by atoms with Crippen LogP contribution in [0, 0.1) is 11.8 Å². The zero-order chi connectivity index (χ0) is 24.9. The number of ether oxygens (including phenoxy) is 1. The molecule has 2 aromatic carbocycles. The summed E-state index contributed by atoms with van der Waals surface area (Å²) < 4.78 is 5.66. The van der Waals surface area contributed by atoms with Gasteiger partial charge in [-0.25, -0.2) is 4.79 Å². The number of fused-ring (bicyclic) bond motifs is 3. The third kappa shape index (κ3) is 5.84. The molecule has 0 aliphatic heterocycles. The number of hydrogen-bond acceptors (Lipinski definition) is 4. The SMILES string of the molecule is CC(C)C(CC(=O)O)NC(=O)[C@@H]1CCC[C@H](NC(=O)OCC2c3ccccc3-c3ccccc32)C1. The summed E-state index contributed by atoms with van der Waals surface area (Å²) in [7, 11) is 0. The van der Waals surface area contributed by atoms with Crippen LogP contribution in [0.5, 0.6) is 0 Å². The Morgan fingerprint density at radius 2 is 1.63 bits per heavy atom. The van der Waals surface area contributed by atoms with Gasteiger partial charge in [0.2, 0.25) is 5.91 Å². The van der Waals surface area contributed by atoms with E-state index in [0.29, 0.717) is 6.42 Å². The fraction of sp³-hybridized carbons (Fsp3) is 0.464. The maximum absolute atomic E-state index is 12.8. The van der Waals surface area contributed by atoms with Crippen LogP contribution >= 0.6 is 0 Å². The first kappa shape index (κ1) is 24.8. The topological polar surface area (TPSA) is 105 Å². The van der Waals surface area contributed by atoms with Crippen molar-refractivity contribution in [2.24, 2.45) is 11.8 Å². The molecule has 3 atom stereocenters. The van der Waals surface area contributed by atoms with Gasteiger partial charge in [0.15, 0.2) is 0 Å². The largest absolute Gasteiger partial charge is 0.481 e. The van der Waals surface area contributed by atoms with E-state index in [1.807, 2.05) is 38.1 Å². The Morgan fingerprint density at radius 3 is 2.23 bits per heavy atom. The number of carboxylic acids is 1. The minimum absolute atomic E-state index is 0.000217. The lowest BCUT2D eigenvalue weighted by molar-refractivity contribution is -0.138. The van der Waals surface area contributed by atoms with Gasteiger partial charge in [0.1, 0.15) is 6.61 Å². The van der Waals surface area contributed by atoms with Crippen LogP contribution in [0.4, 0.5) is 4.79 Å². The molecule has 0 bridgehead atoms. The average molecular weight is 479 g/mol. The highest BCUT2D eigenvalue weighted by Gasteiger charge is 2.32. The second-order valence-corrected chi connectivity index (χ2v) is 9.99. The maximum atomic E-state index is 12.8. The summed E-state index contributed by atoms with van der Waals surface area (Å²) in [6, 6.07) is 15.9. The molecule has 0 radical (unpaired) electrons. The number of carboxylic acid groups (broad SMARTS) is 1. The predicted octanol–water partition coefficient (Wildman–Crippen LogP) is 4.70. The average Bonchev–Trinajstić information content (AvgIpc) is 3.16. The number of alkyl carbamates (subject to hydrolysis) is 1. The van der Waals surface area contributed by atoms with Crippen LogP contribution in [0.25, 0.3) is 11.1 Å². The molecular weight excluding hydrogens is 444 g/mol. The molecule has 2 amide bonds. The number of benzene rings is 2. The molecule has 2 aromatic rings. The molecule has 7 nitrogen and oxygen atoms in total. The van der Waals surface area contributed by atoms with Crippen molar-refractivity contribution < 1.29 is 24.2 Å². The molecule has 2 aliphatic carbocycles. The third-order valence-corrected chi connectivity index (χ3v) is 7.24. The molecule has 7 heteroatoms. The number of nitrogens with one attached hydrogen (secondary N) is 2. The number of rotatable bonds is 8. The predicted molar refractivity (Wildman–Crippen MR) is 133 cm³/mol. The number of carbonyl (C=O) groups is 3. The van der Waals surface area contributed by atoms with Gasteiger partial charge in [-0.2, -0.15) is 0 Å². The number of carbonyl (C=O) groups excluding carboxylic acids is 2.